The van der Waals surface area contributed by atoms with E-state index >= 15 is 0 Å². The molecule has 2 rings (SSSR count). The van der Waals surface area contributed by atoms with E-state index in [4.69, 9.17) is 11.6 Å². The van der Waals surface area contributed by atoms with Crippen LogP contribution in [0.15, 0.2) is 18.3 Å². The molecule has 0 aliphatic heterocycles. The van der Waals surface area contributed by atoms with Crippen molar-refractivity contribution in [2.24, 2.45) is 0 Å². The molecule has 2 aromatic heterocycles. The van der Waals surface area contributed by atoms with Crippen molar-refractivity contribution in [3.63, 3.8) is 0 Å². The molecule has 1 N–H and O–H groups in total. The molecule has 18 heavy (non-hydrogen) atoms. The summed E-state index contributed by atoms with van der Waals surface area (Å²) in [5, 5.41) is 14.2. The van der Waals surface area contributed by atoms with Gasteiger partial charge in [0.15, 0.2) is 5.01 Å². The van der Waals surface area contributed by atoms with Gasteiger partial charge in [-0.25, -0.2) is 0 Å². The number of hydrogen-bond donors (Lipinski definition) is 1. The summed E-state index contributed by atoms with van der Waals surface area (Å²) in [6.07, 6.45) is 2.73. The Labute approximate surface area is 115 Å². The minimum atomic E-state index is 0.225. The average molecular weight is 283 g/mol. The Morgan fingerprint density at radius 2 is 2.22 bits per heavy atom. The van der Waals surface area contributed by atoms with E-state index in [-0.39, 0.29) is 6.04 Å². The largest absolute Gasteiger partial charge is 0.308 e. The van der Waals surface area contributed by atoms with Crippen LogP contribution >= 0.6 is 22.9 Å². The molecule has 96 valence electrons. The van der Waals surface area contributed by atoms with E-state index in [1.807, 2.05) is 12.1 Å². The maximum Gasteiger partial charge on any atom is 0.166 e. The standard InChI is InChI=1S/C12H15ClN4S/c1-3-6-14-8(2)11-16-17-12(18-11)10-5-4-9(13)7-15-10/h4-5,7-8,14H,3,6H2,1-2H3. The summed E-state index contributed by atoms with van der Waals surface area (Å²) in [5.41, 5.74) is 0.811. The van der Waals surface area contributed by atoms with Crippen LogP contribution in [0.2, 0.25) is 5.02 Å². The Hall–Kier alpha value is -1.04. The monoisotopic (exact) mass is 282 g/mol. The summed E-state index contributed by atoms with van der Waals surface area (Å²) in [6.45, 7) is 5.22. The summed E-state index contributed by atoms with van der Waals surface area (Å²) in [5.74, 6) is 0. The summed E-state index contributed by atoms with van der Waals surface area (Å²) >= 11 is 7.37. The van der Waals surface area contributed by atoms with Crippen LogP contribution in [-0.4, -0.2) is 21.7 Å². The molecular formula is C12H15ClN4S. The van der Waals surface area contributed by atoms with E-state index in [2.05, 4.69) is 34.3 Å². The molecule has 0 bridgehead atoms. The molecule has 0 aliphatic carbocycles. The smallest absolute Gasteiger partial charge is 0.166 e. The lowest BCUT2D eigenvalue weighted by Crippen LogP contribution is -2.18. The molecule has 0 fully saturated rings. The third-order valence-electron chi connectivity index (χ3n) is 2.46. The molecule has 0 saturated carbocycles. The second kappa shape index (κ2) is 6.22. The van der Waals surface area contributed by atoms with Gasteiger partial charge < -0.3 is 5.32 Å². The van der Waals surface area contributed by atoms with Gasteiger partial charge in [0, 0.05) is 6.20 Å². The van der Waals surface area contributed by atoms with Gasteiger partial charge in [0.1, 0.15) is 10.7 Å². The fourth-order valence-corrected chi connectivity index (χ4v) is 2.42. The van der Waals surface area contributed by atoms with Gasteiger partial charge in [-0.2, -0.15) is 0 Å². The zero-order valence-corrected chi connectivity index (χ0v) is 11.9. The van der Waals surface area contributed by atoms with Gasteiger partial charge >= 0.3 is 0 Å². The highest BCUT2D eigenvalue weighted by atomic mass is 35.5. The quantitative estimate of drug-likeness (QED) is 0.914. The van der Waals surface area contributed by atoms with Crippen molar-refractivity contribution in [3.05, 3.63) is 28.4 Å². The second-order valence-electron chi connectivity index (χ2n) is 3.98. The topological polar surface area (TPSA) is 50.7 Å². The van der Waals surface area contributed by atoms with Crippen LogP contribution in [0.5, 0.6) is 0 Å². The summed E-state index contributed by atoms with van der Waals surface area (Å²) in [6, 6.07) is 3.89. The van der Waals surface area contributed by atoms with Gasteiger partial charge in [0.2, 0.25) is 0 Å². The SMILES string of the molecule is CCCNC(C)c1nnc(-c2ccc(Cl)cn2)s1. The van der Waals surface area contributed by atoms with Crippen molar-refractivity contribution >= 4 is 22.9 Å². The van der Waals surface area contributed by atoms with Crippen LogP contribution in [0.1, 0.15) is 31.3 Å². The minimum absolute atomic E-state index is 0.225. The van der Waals surface area contributed by atoms with E-state index in [9.17, 15) is 0 Å². The molecule has 0 saturated heterocycles. The Morgan fingerprint density at radius 3 is 2.89 bits per heavy atom. The number of hydrogen-bond acceptors (Lipinski definition) is 5. The van der Waals surface area contributed by atoms with Crippen LogP contribution in [-0.2, 0) is 0 Å². The third kappa shape index (κ3) is 3.25. The molecular weight excluding hydrogens is 268 g/mol. The number of pyridine rings is 1. The molecule has 0 radical (unpaired) electrons. The molecule has 2 aromatic rings. The molecule has 0 aromatic carbocycles. The van der Waals surface area contributed by atoms with E-state index in [1.165, 1.54) is 0 Å². The van der Waals surface area contributed by atoms with Crippen LogP contribution in [0.3, 0.4) is 0 Å². The van der Waals surface area contributed by atoms with Gasteiger partial charge in [-0.3, -0.25) is 4.98 Å². The lowest BCUT2D eigenvalue weighted by molar-refractivity contribution is 0.564. The lowest BCUT2D eigenvalue weighted by atomic mass is 10.3. The fraction of sp³-hybridized carbons (Fsp3) is 0.417. The normalized spacial score (nSPS) is 12.6. The molecule has 1 unspecified atom stereocenters. The van der Waals surface area contributed by atoms with E-state index in [0.29, 0.717) is 5.02 Å². The summed E-state index contributed by atoms with van der Waals surface area (Å²) < 4.78 is 0. The number of halogens is 1. The Balaban J connectivity index is 2.12. The zero-order valence-electron chi connectivity index (χ0n) is 10.4. The van der Waals surface area contributed by atoms with Gasteiger partial charge in [-0.1, -0.05) is 29.9 Å². The highest BCUT2D eigenvalue weighted by Gasteiger charge is 2.12. The number of nitrogens with zero attached hydrogens (tertiary/aromatic N) is 3. The molecule has 0 aliphatic rings. The predicted octanol–water partition coefficient (Wildman–Crippen LogP) is 3.31. The fourth-order valence-electron chi connectivity index (χ4n) is 1.46. The minimum Gasteiger partial charge on any atom is -0.308 e. The summed E-state index contributed by atoms with van der Waals surface area (Å²) in [4.78, 5) is 4.24. The molecule has 0 amide bonds. The highest BCUT2D eigenvalue weighted by molar-refractivity contribution is 7.14. The number of nitrogens with one attached hydrogen (secondary N) is 1. The first-order valence-electron chi connectivity index (χ1n) is 5.89. The van der Waals surface area contributed by atoms with Crippen LogP contribution in [0.4, 0.5) is 0 Å². The molecule has 2 heterocycles. The second-order valence-corrected chi connectivity index (χ2v) is 5.43. The Kier molecular flexibility index (Phi) is 4.63. The van der Waals surface area contributed by atoms with E-state index in [1.54, 1.807) is 17.5 Å². The zero-order chi connectivity index (χ0) is 13.0. The molecule has 4 nitrogen and oxygen atoms in total. The maximum absolute atomic E-state index is 5.81. The average Bonchev–Trinajstić information content (AvgIpc) is 2.86. The third-order valence-corrected chi connectivity index (χ3v) is 3.81. The van der Waals surface area contributed by atoms with Crippen molar-refractivity contribution < 1.29 is 0 Å². The van der Waals surface area contributed by atoms with Crippen molar-refractivity contribution in [2.45, 2.75) is 26.3 Å². The summed E-state index contributed by atoms with van der Waals surface area (Å²) in [7, 11) is 0. The van der Waals surface area contributed by atoms with E-state index in [0.717, 1.165) is 28.7 Å². The highest BCUT2D eigenvalue weighted by Crippen LogP contribution is 2.25. The van der Waals surface area contributed by atoms with Crippen molar-refractivity contribution in [1.29, 1.82) is 0 Å². The molecule has 0 spiro atoms. The number of rotatable bonds is 5. The molecule has 1 atom stereocenters. The predicted molar refractivity (Wildman–Crippen MR) is 74.9 cm³/mol. The lowest BCUT2D eigenvalue weighted by Gasteiger charge is -2.08. The van der Waals surface area contributed by atoms with Crippen molar-refractivity contribution in [2.75, 3.05) is 6.54 Å². The Bertz CT molecular complexity index is 497. The first-order valence-corrected chi connectivity index (χ1v) is 7.09. The van der Waals surface area contributed by atoms with Gasteiger partial charge in [-0.05, 0) is 32.0 Å². The van der Waals surface area contributed by atoms with Gasteiger partial charge in [0.25, 0.3) is 0 Å². The van der Waals surface area contributed by atoms with Crippen LogP contribution in [0.25, 0.3) is 10.7 Å². The first-order chi connectivity index (χ1) is 8.70. The number of aromatic nitrogens is 3. The van der Waals surface area contributed by atoms with Gasteiger partial charge in [-0.15, -0.1) is 10.2 Å². The van der Waals surface area contributed by atoms with Crippen molar-refractivity contribution in [1.82, 2.24) is 20.5 Å². The van der Waals surface area contributed by atoms with Gasteiger partial charge in [0.05, 0.1) is 11.1 Å². The Morgan fingerprint density at radius 1 is 1.39 bits per heavy atom. The van der Waals surface area contributed by atoms with E-state index < -0.39 is 0 Å². The van der Waals surface area contributed by atoms with Crippen LogP contribution in [0, 0.1) is 0 Å². The van der Waals surface area contributed by atoms with Crippen LogP contribution < -0.4 is 5.32 Å². The molecule has 6 heteroatoms. The maximum atomic E-state index is 5.81. The van der Waals surface area contributed by atoms with Crippen molar-refractivity contribution in [3.8, 4) is 10.7 Å². The first kappa shape index (κ1) is 13.4.